The van der Waals surface area contributed by atoms with E-state index >= 15 is 0 Å². The summed E-state index contributed by atoms with van der Waals surface area (Å²) >= 11 is 0. The van der Waals surface area contributed by atoms with Crippen molar-refractivity contribution in [3.05, 3.63) is 71.3 Å². The minimum absolute atomic E-state index is 0.101. The standard InChI is InChI=1S/C21H20F3NO3/c22-21(23,24)11-10-14-6-8-16(9-7-14)19(26)25-12-17(18(13-25)20(27)28)15-4-2-1-3-5-15/h1-9,17-18H,10-13H2,(H,27,28)/t17-,18+/m0/s1. The fourth-order valence-electron chi connectivity index (χ4n) is 3.54. The predicted octanol–water partition coefficient (Wildman–Crippen LogP) is 4.12. The maximum Gasteiger partial charge on any atom is 0.389 e. The molecule has 2 aromatic carbocycles. The molecule has 1 N–H and O–H groups in total. The molecule has 1 aliphatic heterocycles. The summed E-state index contributed by atoms with van der Waals surface area (Å²) in [5, 5.41) is 9.55. The highest BCUT2D eigenvalue weighted by Crippen LogP contribution is 2.33. The summed E-state index contributed by atoms with van der Waals surface area (Å²) in [7, 11) is 0. The molecule has 0 radical (unpaired) electrons. The number of halogens is 3. The highest BCUT2D eigenvalue weighted by molar-refractivity contribution is 5.95. The number of benzene rings is 2. The third-order valence-electron chi connectivity index (χ3n) is 5.05. The Morgan fingerprint density at radius 2 is 1.64 bits per heavy atom. The lowest BCUT2D eigenvalue weighted by Gasteiger charge is -2.17. The first-order chi connectivity index (χ1) is 13.2. The molecule has 0 aliphatic carbocycles. The van der Waals surface area contributed by atoms with Crippen molar-refractivity contribution in [1.29, 1.82) is 0 Å². The molecule has 2 aromatic rings. The lowest BCUT2D eigenvalue weighted by molar-refractivity contribution is -0.141. The third-order valence-corrected chi connectivity index (χ3v) is 5.05. The van der Waals surface area contributed by atoms with Crippen molar-refractivity contribution >= 4 is 11.9 Å². The van der Waals surface area contributed by atoms with Gasteiger partial charge in [-0.1, -0.05) is 42.5 Å². The fraction of sp³-hybridized carbons (Fsp3) is 0.333. The first-order valence-electron chi connectivity index (χ1n) is 8.97. The molecule has 148 valence electrons. The molecular weight excluding hydrogens is 371 g/mol. The van der Waals surface area contributed by atoms with Crippen molar-refractivity contribution in [2.45, 2.75) is 24.9 Å². The topological polar surface area (TPSA) is 57.6 Å². The Morgan fingerprint density at radius 1 is 1.00 bits per heavy atom. The first kappa shape index (κ1) is 19.9. The molecule has 1 amide bonds. The van der Waals surface area contributed by atoms with E-state index in [2.05, 4.69) is 0 Å². The van der Waals surface area contributed by atoms with E-state index in [1.807, 2.05) is 30.3 Å². The quantitative estimate of drug-likeness (QED) is 0.834. The number of alkyl halides is 3. The van der Waals surface area contributed by atoms with E-state index in [1.54, 1.807) is 0 Å². The molecule has 0 unspecified atom stereocenters. The van der Waals surface area contributed by atoms with E-state index in [1.165, 1.54) is 29.2 Å². The van der Waals surface area contributed by atoms with Crippen LogP contribution in [-0.4, -0.2) is 41.1 Å². The first-order valence-corrected chi connectivity index (χ1v) is 8.97. The number of carbonyl (C=O) groups is 2. The van der Waals surface area contributed by atoms with Crippen LogP contribution in [-0.2, 0) is 11.2 Å². The van der Waals surface area contributed by atoms with Crippen LogP contribution in [0.25, 0.3) is 0 Å². The van der Waals surface area contributed by atoms with Crippen LogP contribution >= 0.6 is 0 Å². The van der Waals surface area contributed by atoms with Gasteiger partial charge in [-0.15, -0.1) is 0 Å². The Bertz CT molecular complexity index is 834. The van der Waals surface area contributed by atoms with Crippen LogP contribution in [0, 0.1) is 5.92 Å². The molecule has 2 atom stereocenters. The van der Waals surface area contributed by atoms with Gasteiger partial charge in [0.25, 0.3) is 5.91 Å². The number of hydrogen-bond acceptors (Lipinski definition) is 2. The second-order valence-electron chi connectivity index (χ2n) is 6.98. The van der Waals surface area contributed by atoms with Crippen molar-refractivity contribution < 1.29 is 27.9 Å². The van der Waals surface area contributed by atoms with Crippen molar-refractivity contribution in [2.75, 3.05) is 13.1 Å². The highest BCUT2D eigenvalue weighted by atomic mass is 19.4. The lowest BCUT2D eigenvalue weighted by Crippen LogP contribution is -2.29. The molecule has 1 heterocycles. The molecule has 0 saturated carbocycles. The Balaban J connectivity index is 1.71. The van der Waals surface area contributed by atoms with Crippen LogP contribution in [0.4, 0.5) is 13.2 Å². The number of carboxylic acids is 1. The van der Waals surface area contributed by atoms with Gasteiger partial charge in [0.2, 0.25) is 0 Å². The number of nitrogens with zero attached hydrogens (tertiary/aromatic N) is 1. The van der Waals surface area contributed by atoms with Gasteiger partial charge in [0, 0.05) is 31.0 Å². The normalized spacial score (nSPS) is 19.6. The lowest BCUT2D eigenvalue weighted by atomic mass is 9.89. The van der Waals surface area contributed by atoms with Crippen LogP contribution in [0.1, 0.15) is 33.8 Å². The largest absolute Gasteiger partial charge is 0.481 e. The number of likely N-dealkylation sites (tertiary alicyclic amines) is 1. The average molecular weight is 391 g/mol. The van der Waals surface area contributed by atoms with E-state index in [0.29, 0.717) is 11.1 Å². The van der Waals surface area contributed by atoms with Gasteiger partial charge in [-0.25, -0.2) is 0 Å². The van der Waals surface area contributed by atoms with Crippen LogP contribution in [0.3, 0.4) is 0 Å². The number of rotatable bonds is 5. The average Bonchev–Trinajstić information content (AvgIpc) is 3.12. The summed E-state index contributed by atoms with van der Waals surface area (Å²) in [6.45, 7) is 0.388. The minimum atomic E-state index is -4.22. The van der Waals surface area contributed by atoms with Gasteiger partial charge in [-0.3, -0.25) is 9.59 Å². The van der Waals surface area contributed by atoms with E-state index in [0.717, 1.165) is 5.56 Å². The van der Waals surface area contributed by atoms with Crippen LogP contribution in [0.15, 0.2) is 54.6 Å². The monoisotopic (exact) mass is 391 g/mol. The Labute approximate surface area is 160 Å². The number of hydrogen-bond donors (Lipinski definition) is 1. The van der Waals surface area contributed by atoms with E-state index in [-0.39, 0.29) is 31.3 Å². The van der Waals surface area contributed by atoms with Gasteiger partial charge in [0.15, 0.2) is 0 Å². The second-order valence-corrected chi connectivity index (χ2v) is 6.98. The Morgan fingerprint density at radius 3 is 2.21 bits per heavy atom. The van der Waals surface area contributed by atoms with Crippen molar-refractivity contribution in [3.63, 3.8) is 0 Å². The molecule has 0 bridgehead atoms. The smallest absolute Gasteiger partial charge is 0.389 e. The molecule has 1 fully saturated rings. The summed E-state index contributed by atoms with van der Waals surface area (Å²) in [4.78, 5) is 25.9. The van der Waals surface area contributed by atoms with E-state index in [4.69, 9.17) is 0 Å². The summed E-state index contributed by atoms with van der Waals surface area (Å²) < 4.78 is 37.0. The predicted molar refractivity (Wildman–Crippen MR) is 97.0 cm³/mol. The van der Waals surface area contributed by atoms with Gasteiger partial charge < -0.3 is 10.0 Å². The third kappa shape index (κ3) is 4.71. The molecule has 3 rings (SSSR count). The van der Waals surface area contributed by atoms with Crippen molar-refractivity contribution in [1.82, 2.24) is 4.90 Å². The Kier molecular flexibility index (Phi) is 5.72. The highest BCUT2D eigenvalue weighted by Gasteiger charge is 2.40. The molecule has 0 aromatic heterocycles. The van der Waals surface area contributed by atoms with E-state index in [9.17, 15) is 27.9 Å². The van der Waals surface area contributed by atoms with Crippen LogP contribution in [0.5, 0.6) is 0 Å². The summed E-state index contributed by atoms with van der Waals surface area (Å²) in [6, 6.07) is 15.2. The minimum Gasteiger partial charge on any atom is -0.481 e. The fourth-order valence-corrected chi connectivity index (χ4v) is 3.54. The van der Waals surface area contributed by atoms with Crippen molar-refractivity contribution in [3.8, 4) is 0 Å². The molecule has 1 saturated heterocycles. The van der Waals surface area contributed by atoms with Crippen molar-refractivity contribution in [2.24, 2.45) is 5.92 Å². The maximum absolute atomic E-state index is 12.8. The van der Waals surface area contributed by atoms with Gasteiger partial charge in [0.05, 0.1) is 5.92 Å². The SMILES string of the molecule is O=C(O)[C@@H]1CN(C(=O)c2ccc(CCC(F)(F)F)cc2)C[C@H]1c1ccccc1. The molecule has 0 spiro atoms. The molecular formula is C21H20F3NO3. The second kappa shape index (κ2) is 8.04. The Hall–Kier alpha value is -2.83. The number of amides is 1. The molecule has 28 heavy (non-hydrogen) atoms. The van der Waals surface area contributed by atoms with Crippen LogP contribution in [0.2, 0.25) is 0 Å². The summed E-state index contributed by atoms with van der Waals surface area (Å²) in [6.07, 6.45) is -5.27. The van der Waals surface area contributed by atoms with Gasteiger partial charge in [0.1, 0.15) is 0 Å². The zero-order valence-electron chi connectivity index (χ0n) is 15.0. The van der Waals surface area contributed by atoms with E-state index < -0.39 is 24.5 Å². The van der Waals surface area contributed by atoms with Gasteiger partial charge >= 0.3 is 12.1 Å². The number of aryl methyl sites for hydroxylation is 1. The summed E-state index contributed by atoms with van der Waals surface area (Å²) in [5.41, 5.74) is 1.71. The molecule has 1 aliphatic rings. The zero-order chi connectivity index (χ0) is 20.3. The number of aliphatic carboxylic acids is 1. The zero-order valence-corrected chi connectivity index (χ0v) is 15.0. The maximum atomic E-state index is 12.8. The number of carboxylic acid groups (broad SMARTS) is 1. The van der Waals surface area contributed by atoms with Gasteiger partial charge in [-0.2, -0.15) is 13.2 Å². The number of carbonyl (C=O) groups excluding carboxylic acids is 1. The summed E-state index contributed by atoms with van der Waals surface area (Å²) in [5.74, 6) is -2.26. The molecule has 7 heteroatoms. The van der Waals surface area contributed by atoms with Gasteiger partial charge in [-0.05, 0) is 29.7 Å². The molecule has 4 nitrogen and oxygen atoms in total. The van der Waals surface area contributed by atoms with Crippen LogP contribution < -0.4 is 0 Å².